The number of ether oxygens (including phenoxy) is 2. The van der Waals surface area contributed by atoms with E-state index in [1.807, 2.05) is 0 Å². The Bertz CT molecular complexity index is 1100. The van der Waals surface area contributed by atoms with Crippen molar-refractivity contribution in [2.45, 2.75) is 13.5 Å². The molecule has 0 spiro atoms. The van der Waals surface area contributed by atoms with Crippen molar-refractivity contribution in [2.75, 3.05) is 12.4 Å². The summed E-state index contributed by atoms with van der Waals surface area (Å²) in [6.45, 7) is 1.63. The molecule has 0 bridgehead atoms. The number of hydrogen-bond donors (Lipinski definition) is 1. The maximum Gasteiger partial charge on any atom is 0.340 e. The van der Waals surface area contributed by atoms with E-state index in [-0.39, 0.29) is 17.2 Å². The molecular weight excluding hydrogens is 421 g/mol. The van der Waals surface area contributed by atoms with Gasteiger partial charge in [-0.15, -0.1) is 11.3 Å². The Kier molecular flexibility index (Phi) is 6.36. The normalized spacial score (nSPS) is 10.6. The lowest BCUT2D eigenvalue weighted by molar-refractivity contribution is 0.0595. The second kappa shape index (κ2) is 8.95. The van der Waals surface area contributed by atoms with Gasteiger partial charge in [0.15, 0.2) is 0 Å². The van der Waals surface area contributed by atoms with Gasteiger partial charge in [-0.1, -0.05) is 0 Å². The van der Waals surface area contributed by atoms with Crippen molar-refractivity contribution in [1.82, 2.24) is 4.98 Å². The predicted molar refractivity (Wildman–Crippen MR) is 103 cm³/mol. The Morgan fingerprint density at radius 3 is 2.47 bits per heavy atom. The van der Waals surface area contributed by atoms with E-state index in [1.165, 1.54) is 24.3 Å². The number of esters is 1. The Hall–Kier alpha value is -3.40. The summed E-state index contributed by atoms with van der Waals surface area (Å²) in [5.74, 6) is -3.80. The molecular formula is C20H15F3N2O4S. The molecule has 10 heteroatoms. The molecule has 3 aromatic rings. The van der Waals surface area contributed by atoms with Gasteiger partial charge in [-0.25, -0.2) is 22.9 Å². The Morgan fingerprint density at radius 2 is 1.80 bits per heavy atom. The zero-order chi connectivity index (χ0) is 21.8. The summed E-state index contributed by atoms with van der Waals surface area (Å²) in [5, 5.41) is 2.78. The second-order valence-electron chi connectivity index (χ2n) is 6.02. The van der Waals surface area contributed by atoms with Gasteiger partial charge < -0.3 is 14.8 Å². The highest BCUT2D eigenvalue weighted by Gasteiger charge is 2.21. The van der Waals surface area contributed by atoms with Crippen LogP contribution in [0.25, 0.3) is 0 Å². The number of nitrogens with one attached hydrogen (secondary N) is 1. The van der Waals surface area contributed by atoms with Gasteiger partial charge >= 0.3 is 5.97 Å². The number of halogens is 3. The van der Waals surface area contributed by atoms with Crippen molar-refractivity contribution in [3.05, 3.63) is 75.0 Å². The summed E-state index contributed by atoms with van der Waals surface area (Å²) in [6, 6.07) is 6.77. The smallest absolute Gasteiger partial charge is 0.340 e. The molecule has 0 aliphatic rings. The maximum atomic E-state index is 14.1. The molecule has 6 nitrogen and oxygen atoms in total. The molecule has 0 atom stereocenters. The number of benzene rings is 2. The zero-order valence-corrected chi connectivity index (χ0v) is 16.6. The monoisotopic (exact) mass is 436 g/mol. The van der Waals surface area contributed by atoms with Gasteiger partial charge in [-0.3, -0.25) is 4.79 Å². The Morgan fingerprint density at radius 1 is 1.10 bits per heavy atom. The van der Waals surface area contributed by atoms with Crippen LogP contribution < -0.4 is 10.1 Å². The Labute approximate surface area is 173 Å². The number of carbonyl (C=O) groups excluding carboxylic acids is 2. The highest BCUT2D eigenvalue weighted by molar-refractivity contribution is 7.13. The first kappa shape index (κ1) is 21.3. The van der Waals surface area contributed by atoms with Crippen LogP contribution in [0, 0.1) is 24.4 Å². The van der Waals surface area contributed by atoms with Crippen LogP contribution in [0.2, 0.25) is 0 Å². The molecule has 1 N–H and O–H groups in total. The van der Waals surface area contributed by atoms with Crippen LogP contribution in [-0.4, -0.2) is 24.0 Å². The van der Waals surface area contributed by atoms with E-state index in [2.05, 4.69) is 15.0 Å². The van der Waals surface area contributed by atoms with Crippen LogP contribution in [0.4, 0.5) is 18.9 Å². The number of carbonyl (C=O) groups is 2. The molecule has 0 aliphatic carbocycles. The minimum absolute atomic E-state index is 0.0435. The fourth-order valence-electron chi connectivity index (χ4n) is 2.49. The van der Waals surface area contributed by atoms with E-state index in [4.69, 9.17) is 4.74 Å². The van der Waals surface area contributed by atoms with Crippen LogP contribution in [-0.2, 0) is 11.3 Å². The fourth-order valence-corrected chi connectivity index (χ4v) is 3.36. The van der Waals surface area contributed by atoms with Crippen LogP contribution in [0.5, 0.6) is 5.75 Å². The molecule has 0 unspecified atom stereocenters. The van der Waals surface area contributed by atoms with Gasteiger partial charge in [0.05, 0.1) is 24.1 Å². The molecule has 1 heterocycles. The van der Waals surface area contributed by atoms with Gasteiger partial charge in [0, 0.05) is 6.07 Å². The number of nitrogens with zero attached hydrogens (tertiary/aromatic N) is 1. The first-order chi connectivity index (χ1) is 14.3. The quantitative estimate of drug-likeness (QED) is 0.577. The average Bonchev–Trinajstić information content (AvgIpc) is 3.09. The molecule has 0 saturated heterocycles. The van der Waals surface area contributed by atoms with Crippen LogP contribution in [0.3, 0.4) is 0 Å². The van der Waals surface area contributed by atoms with Gasteiger partial charge in [0.1, 0.15) is 39.7 Å². The number of amides is 1. The summed E-state index contributed by atoms with van der Waals surface area (Å²) in [5.41, 5.74) is -0.506. The molecule has 0 radical (unpaired) electrons. The van der Waals surface area contributed by atoms with E-state index in [9.17, 15) is 22.8 Å². The average molecular weight is 436 g/mol. The number of rotatable bonds is 6. The standard InChI is InChI=1S/C20H15F3N2O4S/c1-10-18(30-17(24-10)9-29-12-5-3-11(21)4-6-12)19(26)25-16-7-13(20(27)28-2)14(22)8-15(16)23/h3-8H,9H2,1-2H3,(H,25,26). The van der Waals surface area contributed by atoms with Crippen LogP contribution in [0.15, 0.2) is 36.4 Å². The summed E-state index contributed by atoms with van der Waals surface area (Å²) >= 11 is 1.02. The zero-order valence-electron chi connectivity index (χ0n) is 15.8. The summed E-state index contributed by atoms with van der Waals surface area (Å²) in [6.07, 6.45) is 0. The van der Waals surface area contributed by atoms with Crippen molar-refractivity contribution < 1.29 is 32.2 Å². The van der Waals surface area contributed by atoms with Crippen molar-refractivity contribution in [3.8, 4) is 5.75 Å². The SMILES string of the molecule is COC(=O)c1cc(NC(=O)c2sc(COc3ccc(F)cc3)nc2C)c(F)cc1F. The molecule has 1 amide bonds. The number of thiazole rings is 1. The lowest BCUT2D eigenvalue weighted by atomic mass is 10.1. The lowest BCUT2D eigenvalue weighted by Gasteiger charge is -2.08. The first-order valence-electron chi connectivity index (χ1n) is 8.52. The van der Waals surface area contributed by atoms with E-state index in [0.717, 1.165) is 24.5 Å². The third-order valence-electron chi connectivity index (χ3n) is 3.93. The maximum absolute atomic E-state index is 14.1. The molecule has 2 aromatic carbocycles. The molecule has 0 aliphatic heterocycles. The lowest BCUT2D eigenvalue weighted by Crippen LogP contribution is -2.14. The van der Waals surface area contributed by atoms with E-state index >= 15 is 0 Å². The molecule has 30 heavy (non-hydrogen) atoms. The van der Waals surface area contributed by atoms with E-state index in [0.29, 0.717) is 22.5 Å². The molecule has 0 fully saturated rings. The topological polar surface area (TPSA) is 77.5 Å². The van der Waals surface area contributed by atoms with Crippen molar-refractivity contribution in [3.63, 3.8) is 0 Å². The third-order valence-corrected chi connectivity index (χ3v) is 5.06. The predicted octanol–water partition coefficient (Wildman–Crippen LogP) is 4.49. The third kappa shape index (κ3) is 4.77. The van der Waals surface area contributed by atoms with Gasteiger partial charge in [-0.2, -0.15) is 0 Å². The van der Waals surface area contributed by atoms with Gasteiger partial charge in [-0.05, 0) is 37.3 Å². The summed E-state index contributed by atoms with van der Waals surface area (Å²) < 4.78 is 50.7. The number of aryl methyl sites for hydroxylation is 1. The number of anilines is 1. The number of methoxy groups -OCH3 is 1. The molecule has 3 rings (SSSR count). The Balaban J connectivity index is 1.74. The fraction of sp³-hybridized carbons (Fsp3) is 0.150. The number of hydrogen-bond acceptors (Lipinski definition) is 6. The van der Waals surface area contributed by atoms with E-state index < -0.39 is 34.9 Å². The molecule has 156 valence electrons. The second-order valence-corrected chi connectivity index (χ2v) is 7.11. The van der Waals surface area contributed by atoms with Crippen LogP contribution >= 0.6 is 11.3 Å². The molecule has 0 saturated carbocycles. The van der Waals surface area contributed by atoms with Crippen molar-refractivity contribution in [1.29, 1.82) is 0 Å². The highest BCUT2D eigenvalue weighted by atomic mass is 32.1. The minimum atomic E-state index is -1.11. The van der Waals surface area contributed by atoms with Crippen LogP contribution in [0.1, 0.15) is 30.7 Å². The highest BCUT2D eigenvalue weighted by Crippen LogP contribution is 2.24. The van der Waals surface area contributed by atoms with Gasteiger partial charge in [0.25, 0.3) is 5.91 Å². The molecule has 1 aromatic heterocycles. The first-order valence-corrected chi connectivity index (χ1v) is 9.33. The largest absolute Gasteiger partial charge is 0.486 e. The van der Waals surface area contributed by atoms with Gasteiger partial charge in [0.2, 0.25) is 0 Å². The minimum Gasteiger partial charge on any atom is -0.486 e. The summed E-state index contributed by atoms with van der Waals surface area (Å²) in [7, 11) is 1.06. The summed E-state index contributed by atoms with van der Waals surface area (Å²) in [4.78, 5) is 28.5. The van der Waals surface area contributed by atoms with Crippen molar-refractivity contribution >= 4 is 28.9 Å². The van der Waals surface area contributed by atoms with Crippen molar-refractivity contribution in [2.24, 2.45) is 0 Å². The van der Waals surface area contributed by atoms with E-state index in [1.54, 1.807) is 6.92 Å². The number of aromatic nitrogens is 1.